The van der Waals surface area contributed by atoms with Gasteiger partial charge in [0.05, 0.1) is 0 Å². The molecule has 0 heterocycles. The molecule has 1 aromatic carbocycles. The average molecular weight is 429 g/mol. The van der Waals surface area contributed by atoms with Gasteiger partial charge in [-0.05, 0) is 103 Å². The number of allylic oxidation sites excluding steroid dienone is 1. The van der Waals surface area contributed by atoms with Crippen LogP contribution in [0.25, 0.3) is 12.2 Å². The summed E-state index contributed by atoms with van der Waals surface area (Å²) < 4.78 is 0. The Morgan fingerprint density at radius 3 is 1.77 bits per heavy atom. The van der Waals surface area contributed by atoms with Gasteiger partial charge in [-0.25, -0.2) is 0 Å². The van der Waals surface area contributed by atoms with Gasteiger partial charge in [0.1, 0.15) is 0 Å². The van der Waals surface area contributed by atoms with Gasteiger partial charge in [-0.1, -0.05) is 78.0 Å². The highest BCUT2D eigenvalue weighted by atomic mass is 32.2. The number of hydrogen-bond donors (Lipinski definition) is 0. The van der Waals surface area contributed by atoms with Crippen molar-refractivity contribution in [2.75, 3.05) is 12.5 Å². The molecule has 0 nitrogen and oxygen atoms in total. The van der Waals surface area contributed by atoms with Crippen LogP contribution in [0.3, 0.4) is 0 Å². The van der Waals surface area contributed by atoms with E-state index in [9.17, 15) is 0 Å². The standard InChI is InChI=1S/C18H22.C7H14.C2H6S.C2H6/c1-4-14-10-16-7-12(2)8-17(16)11-18(14)9-13(3)15-5-6-15;1-6-4-7(2,3)5-6;1-3-2;1-2/h4,9-12,15H,1,5-8H2,2-3H3;6H,4-5H2,1-3H3;1-2H3;1-2H3/b13-9+;;;. The lowest BCUT2D eigenvalue weighted by Crippen LogP contribution is -2.29. The number of rotatable bonds is 3. The summed E-state index contributed by atoms with van der Waals surface area (Å²) in [5.41, 5.74) is 8.02. The normalized spacial score (nSPS) is 21.5. The maximum atomic E-state index is 3.97. The van der Waals surface area contributed by atoms with Crippen molar-refractivity contribution < 1.29 is 0 Å². The van der Waals surface area contributed by atoms with E-state index in [4.69, 9.17) is 0 Å². The van der Waals surface area contributed by atoms with Gasteiger partial charge >= 0.3 is 0 Å². The fourth-order valence-electron chi connectivity index (χ4n) is 4.96. The van der Waals surface area contributed by atoms with Gasteiger partial charge in [0.15, 0.2) is 0 Å². The van der Waals surface area contributed by atoms with Crippen molar-refractivity contribution >= 4 is 23.9 Å². The van der Waals surface area contributed by atoms with Crippen LogP contribution in [0.5, 0.6) is 0 Å². The third-order valence-corrected chi connectivity index (χ3v) is 6.17. The monoisotopic (exact) mass is 428 g/mol. The predicted molar refractivity (Wildman–Crippen MR) is 142 cm³/mol. The number of benzene rings is 1. The molecule has 0 bridgehead atoms. The van der Waals surface area contributed by atoms with Crippen molar-refractivity contribution in [2.24, 2.45) is 23.2 Å². The molecule has 0 saturated heterocycles. The highest BCUT2D eigenvalue weighted by molar-refractivity contribution is 7.97. The predicted octanol–water partition coefficient (Wildman–Crippen LogP) is 9.33. The van der Waals surface area contributed by atoms with Crippen LogP contribution >= 0.6 is 11.8 Å². The molecule has 3 aliphatic rings. The Morgan fingerprint density at radius 1 is 0.967 bits per heavy atom. The van der Waals surface area contributed by atoms with Crippen LogP contribution in [0.15, 0.2) is 24.3 Å². The van der Waals surface area contributed by atoms with E-state index in [1.165, 1.54) is 49.7 Å². The summed E-state index contributed by atoms with van der Waals surface area (Å²) in [4.78, 5) is 0. The third kappa shape index (κ3) is 8.66. The molecule has 0 radical (unpaired) electrons. The summed E-state index contributed by atoms with van der Waals surface area (Å²) in [7, 11) is 0. The molecule has 30 heavy (non-hydrogen) atoms. The van der Waals surface area contributed by atoms with Crippen LogP contribution in [0.4, 0.5) is 0 Å². The molecule has 4 rings (SSSR count). The van der Waals surface area contributed by atoms with E-state index < -0.39 is 0 Å². The number of thioether (sulfide) groups is 1. The van der Waals surface area contributed by atoms with E-state index in [0.717, 1.165) is 17.8 Å². The summed E-state index contributed by atoms with van der Waals surface area (Å²) in [6.45, 7) is 19.6. The number of hydrogen-bond acceptors (Lipinski definition) is 1. The first kappa shape index (κ1) is 27.1. The van der Waals surface area contributed by atoms with E-state index in [2.05, 4.69) is 59.4 Å². The highest BCUT2D eigenvalue weighted by Gasteiger charge is 2.32. The molecule has 1 heteroatoms. The quantitative estimate of drug-likeness (QED) is 0.462. The van der Waals surface area contributed by atoms with E-state index in [-0.39, 0.29) is 0 Å². The summed E-state index contributed by atoms with van der Waals surface area (Å²) >= 11 is 1.75. The summed E-state index contributed by atoms with van der Waals surface area (Å²) in [5.74, 6) is 2.67. The lowest BCUT2D eigenvalue weighted by molar-refractivity contribution is 0.111. The first-order valence-corrected chi connectivity index (χ1v) is 13.7. The molecule has 0 N–H and O–H groups in total. The molecule has 1 atom stereocenters. The maximum Gasteiger partial charge on any atom is -0.0182 e. The van der Waals surface area contributed by atoms with Crippen molar-refractivity contribution in [2.45, 2.75) is 87.0 Å². The zero-order valence-electron chi connectivity index (χ0n) is 21.4. The van der Waals surface area contributed by atoms with Gasteiger partial charge in [0.25, 0.3) is 0 Å². The van der Waals surface area contributed by atoms with Crippen LogP contribution in [-0.2, 0) is 12.8 Å². The molecule has 2 fully saturated rings. The van der Waals surface area contributed by atoms with E-state index in [1.54, 1.807) is 28.5 Å². The molecular weight excluding hydrogens is 380 g/mol. The van der Waals surface area contributed by atoms with Crippen LogP contribution in [-0.4, -0.2) is 12.5 Å². The summed E-state index contributed by atoms with van der Waals surface area (Å²) in [5, 5.41) is 0. The molecule has 3 aliphatic carbocycles. The SMILES string of the molecule is C=Cc1cc2c(cc1/C=C(\C)C1CC1)CC(C)C2.CC.CC1CC(C)(C)C1.CSC. The zero-order valence-corrected chi connectivity index (χ0v) is 22.2. The Bertz CT molecular complexity index is 683. The minimum atomic E-state index is 0.694. The summed E-state index contributed by atoms with van der Waals surface area (Å²) in [6.07, 6.45) is 16.6. The largest absolute Gasteiger partial charge is 0.169 e. The van der Waals surface area contributed by atoms with Crippen LogP contribution in [0.2, 0.25) is 0 Å². The van der Waals surface area contributed by atoms with Crippen molar-refractivity contribution in [3.05, 3.63) is 46.5 Å². The fourth-order valence-corrected chi connectivity index (χ4v) is 4.96. The van der Waals surface area contributed by atoms with Crippen LogP contribution < -0.4 is 0 Å². The first-order chi connectivity index (χ1) is 14.2. The van der Waals surface area contributed by atoms with E-state index in [1.807, 2.05) is 32.4 Å². The van der Waals surface area contributed by atoms with Gasteiger partial charge < -0.3 is 0 Å². The molecular formula is C29H48S. The second-order valence-corrected chi connectivity index (χ2v) is 11.0. The van der Waals surface area contributed by atoms with Gasteiger partial charge in [-0.3, -0.25) is 0 Å². The van der Waals surface area contributed by atoms with Gasteiger partial charge in [-0.15, -0.1) is 0 Å². The molecule has 0 amide bonds. The molecule has 0 spiro atoms. The smallest absolute Gasteiger partial charge is 0.0182 e. The average Bonchev–Trinajstić information content (AvgIpc) is 3.45. The maximum absolute atomic E-state index is 3.97. The lowest BCUT2D eigenvalue weighted by Gasteiger charge is -2.40. The topological polar surface area (TPSA) is 0 Å². The second-order valence-electron chi connectivity index (χ2n) is 10.2. The van der Waals surface area contributed by atoms with Crippen molar-refractivity contribution in [1.82, 2.24) is 0 Å². The Hall–Kier alpha value is -0.950. The van der Waals surface area contributed by atoms with E-state index in [0.29, 0.717) is 5.41 Å². The summed E-state index contributed by atoms with van der Waals surface area (Å²) in [6, 6.07) is 4.76. The Labute approximate surface area is 193 Å². The Morgan fingerprint density at radius 2 is 1.43 bits per heavy atom. The lowest BCUT2D eigenvalue weighted by atomic mass is 9.65. The third-order valence-electron chi connectivity index (χ3n) is 6.17. The Balaban J connectivity index is 0.000000312. The molecule has 0 aliphatic heterocycles. The first-order valence-electron chi connectivity index (χ1n) is 12.1. The fraction of sp³-hybridized carbons (Fsp3) is 0.655. The van der Waals surface area contributed by atoms with Crippen molar-refractivity contribution in [3.8, 4) is 0 Å². The molecule has 0 aromatic heterocycles. The Kier molecular flexibility index (Phi) is 11.6. The molecule has 170 valence electrons. The van der Waals surface area contributed by atoms with Crippen molar-refractivity contribution in [3.63, 3.8) is 0 Å². The highest BCUT2D eigenvalue weighted by Crippen LogP contribution is 2.44. The van der Waals surface area contributed by atoms with Crippen LogP contribution in [0, 0.1) is 23.2 Å². The minimum Gasteiger partial charge on any atom is -0.169 e. The minimum absolute atomic E-state index is 0.694. The molecule has 1 aromatic rings. The van der Waals surface area contributed by atoms with Gasteiger partial charge in [0.2, 0.25) is 0 Å². The van der Waals surface area contributed by atoms with Gasteiger partial charge in [-0.2, -0.15) is 11.8 Å². The number of fused-ring (bicyclic) bond motifs is 1. The molecule has 1 unspecified atom stereocenters. The van der Waals surface area contributed by atoms with Gasteiger partial charge in [0, 0.05) is 0 Å². The zero-order chi connectivity index (χ0) is 22.9. The van der Waals surface area contributed by atoms with Crippen molar-refractivity contribution in [1.29, 1.82) is 0 Å². The van der Waals surface area contributed by atoms with Crippen LogP contribution in [0.1, 0.15) is 96.4 Å². The molecule has 2 saturated carbocycles. The van der Waals surface area contributed by atoms with E-state index >= 15 is 0 Å². The second kappa shape index (κ2) is 12.8.